The Bertz CT molecular complexity index is 339. The summed E-state index contributed by atoms with van der Waals surface area (Å²) in [6.07, 6.45) is 2.31. The number of nitrogens with two attached hydrogens (primary N) is 1. The van der Waals surface area contributed by atoms with Crippen molar-refractivity contribution < 1.29 is 13.2 Å². The largest absolute Gasteiger partial charge is 0.393 e. The molecular formula is C9H18N2O3S2. The van der Waals surface area contributed by atoms with E-state index < -0.39 is 10.0 Å². The van der Waals surface area contributed by atoms with Crippen molar-refractivity contribution >= 4 is 27.2 Å². The fourth-order valence-corrected chi connectivity index (χ4v) is 3.18. The zero-order valence-electron chi connectivity index (χ0n) is 9.39. The third kappa shape index (κ3) is 4.32. The standard InChI is InChI=1S/C9H18N2O3S2/c1-14-6-7-16(12,13)11(8-2-3-8)5-4-9(10)15/h8H,2-7H2,1H3,(H2,10,15). The van der Waals surface area contributed by atoms with Crippen LogP contribution in [-0.4, -0.2) is 49.8 Å². The summed E-state index contributed by atoms with van der Waals surface area (Å²) < 4.78 is 30.2. The highest BCUT2D eigenvalue weighted by Gasteiger charge is 2.36. The van der Waals surface area contributed by atoms with E-state index in [1.54, 1.807) is 0 Å². The molecule has 2 N–H and O–H groups in total. The molecule has 1 aliphatic rings. The molecule has 0 spiro atoms. The SMILES string of the molecule is COCCS(=O)(=O)N(CCC(N)=S)C1CC1. The summed E-state index contributed by atoms with van der Waals surface area (Å²) in [6.45, 7) is 0.616. The van der Waals surface area contributed by atoms with Crippen LogP contribution in [-0.2, 0) is 14.8 Å². The highest BCUT2D eigenvalue weighted by molar-refractivity contribution is 7.89. The lowest BCUT2D eigenvalue weighted by Gasteiger charge is -2.21. The molecule has 0 heterocycles. The summed E-state index contributed by atoms with van der Waals surface area (Å²) >= 11 is 4.76. The quantitative estimate of drug-likeness (QED) is 0.631. The van der Waals surface area contributed by atoms with Crippen LogP contribution in [0.25, 0.3) is 0 Å². The van der Waals surface area contributed by atoms with Crippen molar-refractivity contribution in [1.82, 2.24) is 4.31 Å². The molecule has 1 fully saturated rings. The molecule has 1 rings (SSSR count). The number of rotatable bonds is 8. The Hall–Kier alpha value is -0.240. The molecule has 94 valence electrons. The first kappa shape index (κ1) is 13.8. The number of hydrogen-bond donors (Lipinski definition) is 1. The Kier molecular flexibility index (Phi) is 5.10. The second-order valence-corrected chi connectivity index (χ2v) is 6.43. The maximum absolute atomic E-state index is 11.9. The third-order valence-corrected chi connectivity index (χ3v) is 4.52. The van der Waals surface area contributed by atoms with Gasteiger partial charge in [-0.05, 0) is 12.8 Å². The van der Waals surface area contributed by atoms with Crippen LogP contribution in [0, 0.1) is 0 Å². The van der Waals surface area contributed by atoms with Crippen LogP contribution in [0.5, 0.6) is 0 Å². The van der Waals surface area contributed by atoms with E-state index in [1.165, 1.54) is 11.4 Å². The molecule has 0 aromatic rings. The smallest absolute Gasteiger partial charge is 0.216 e. The maximum Gasteiger partial charge on any atom is 0.216 e. The molecule has 0 aliphatic heterocycles. The molecule has 0 atom stereocenters. The second-order valence-electron chi connectivity index (χ2n) is 3.87. The summed E-state index contributed by atoms with van der Waals surface area (Å²) in [5, 5.41) is 0. The Morgan fingerprint density at radius 2 is 2.19 bits per heavy atom. The predicted octanol–water partition coefficient (Wildman–Crippen LogP) is 0.103. The van der Waals surface area contributed by atoms with E-state index in [1.807, 2.05) is 0 Å². The van der Waals surface area contributed by atoms with Gasteiger partial charge in [-0.15, -0.1) is 0 Å². The van der Waals surface area contributed by atoms with Gasteiger partial charge >= 0.3 is 0 Å². The molecule has 1 aliphatic carbocycles. The van der Waals surface area contributed by atoms with E-state index in [9.17, 15) is 8.42 Å². The molecule has 7 heteroatoms. The van der Waals surface area contributed by atoms with Gasteiger partial charge in [-0.2, -0.15) is 4.31 Å². The van der Waals surface area contributed by atoms with Crippen LogP contribution in [0.4, 0.5) is 0 Å². The van der Waals surface area contributed by atoms with Gasteiger partial charge in [-0.3, -0.25) is 0 Å². The number of sulfonamides is 1. The van der Waals surface area contributed by atoms with Crippen molar-refractivity contribution in [3.05, 3.63) is 0 Å². The molecule has 0 saturated heterocycles. The van der Waals surface area contributed by atoms with E-state index in [0.29, 0.717) is 18.0 Å². The topological polar surface area (TPSA) is 72.6 Å². The zero-order chi connectivity index (χ0) is 12.2. The van der Waals surface area contributed by atoms with E-state index >= 15 is 0 Å². The van der Waals surface area contributed by atoms with E-state index in [4.69, 9.17) is 22.7 Å². The highest BCUT2D eigenvalue weighted by Crippen LogP contribution is 2.29. The van der Waals surface area contributed by atoms with E-state index in [0.717, 1.165) is 12.8 Å². The first-order valence-corrected chi connectivity index (χ1v) is 7.26. The molecule has 0 unspecified atom stereocenters. The molecule has 0 radical (unpaired) electrons. The molecule has 1 saturated carbocycles. The molecule has 0 aromatic heterocycles. The van der Waals surface area contributed by atoms with Crippen molar-refractivity contribution in [2.45, 2.75) is 25.3 Å². The van der Waals surface area contributed by atoms with Gasteiger partial charge < -0.3 is 10.5 Å². The second kappa shape index (κ2) is 5.90. The normalized spacial score (nSPS) is 16.6. The minimum absolute atomic E-state index is 0.0251. The molecule has 0 bridgehead atoms. The van der Waals surface area contributed by atoms with Gasteiger partial charge in [0.25, 0.3) is 0 Å². The van der Waals surface area contributed by atoms with Crippen molar-refractivity contribution in [1.29, 1.82) is 0 Å². The van der Waals surface area contributed by atoms with Crippen LogP contribution >= 0.6 is 12.2 Å². The predicted molar refractivity (Wildman–Crippen MR) is 66.8 cm³/mol. The molecule has 0 amide bonds. The molecule has 16 heavy (non-hydrogen) atoms. The Labute approximate surface area is 102 Å². The summed E-state index contributed by atoms with van der Waals surface area (Å²) in [5.41, 5.74) is 5.39. The van der Waals surface area contributed by atoms with Gasteiger partial charge in [0, 0.05) is 26.1 Å². The lowest BCUT2D eigenvalue weighted by molar-refractivity contribution is 0.215. The van der Waals surface area contributed by atoms with Gasteiger partial charge in [0.1, 0.15) is 0 Å². The average Bonchev–Trinajstić information content (AvgIpc) is 2.98. The summed E-state index contributed by atoms with van der Waals surface area (Å²) in [5.74, 6) is 0.0251. The fraction of sp³-hybridized carbons (Fsp3) is 0.889. The maximum atomic E-state index is 11.9. The van der Waals surface area contributed by atoms with Crippen LogP contribution in [0.15, 0.2) is 0 Å². The van der Waals surface area contributed by atoms with Crippen molar-refractivity contribution in [2.75, 3.05) is 26.0 Å². The zero-order valence-corrected chi connectivity index (χ0v) is 11.0. The van der Waals surface area contributed by atoms with Crippen molar-refractivity contribution in [2.24, 2.45) is 5.73 Å². The summed E-state index contributed by atoms with van der Waals surface area (Å²) in [7, 11) is -1.73. The van der Waals surface area contributed by atoms with Crippen LogP contribution < -0.4 is 5.73 Å². The van der Waals surface area contributed by atoms with E-state index in [2.05, 4.69) is 0 Å². The third-order valence-electron chi connectivity index (χ3n) is 2.44. The van der Waals surface area contributed by atoms with Gasteiger partial charge in [-0.25, -0.2) is 8.42 Å². The fourth-order valence-electron chi connectivity index (χ4n) is 1.44. The Morgan fingerprint density at radius 3 is 2.62 bits per heavy atom. The van der Waals surface area contributed by atoms with Gasteiger partial charge in [0.2, 0.25) is 10.0 Å². The number of thiocarbonyl (C=S) groups is 1. The Balaban J connectivity index is 2.57. The average molecular weight is 266 g/mol. The number of methoxy groups -OCH3 is 1. The molecule has 5 nitrogen and oxygen atoms in total. The first-order chi connectivity index (χ1) is 7.47. The number of hydrogen-bond acceptors (Lipinski definition) is 4. The van der Waals surface area contributed by atoms with E-state index in [-0.39, 0.29) is 18.4 Å². The minimum Gasteiger partial charge on any atom is -0.393 e. The van der Waals surface area contributed by atoms with Gasteiger partial charge in [0.15, 0.2) is 0 Å². The minimum atomic E-state index is -3.22. The lowest BCUT2D eigenvalue weighted by Crippen LogP contribution is -2.38. The summed E-state index contributed by atoms with van der Waals surface area (Å²) in [4.78, 5) is 0.354. The molecule has 0 aromatic carbocycles. The first-order valence-electron chi connectivity index (χ1n) is 5.24. The van der Waals surface area contributed by atoms with Crippen LogP contribution in [0.3, 0.4) is 0 Å². The lowest BCUT2D eigenvalue weighted by atomic mass is 10.4. The van der Waals surface area contributed by atoms with Gasteiger partial charge in [-0.1, -0.05) is 12.2 Å². The number of nitrogens with zero attached hydrogens (tertiary/aromatic N) is 1. The monoisotopic (exact) mass is 266 g/mol. The van der Waals surface area contributed by atoms with Crippen molar-refractivity contribution in [3.8, 4) is 0 Å². The summed E-state index contributed by atoms with van der Waals surface area (Å²) in [6, 6.07) is 0.149. The van der Waals surface area contributed by atoms with Crippen LogP contribution in [0.1, 0.15) is 19.3 Å². The highest BCUT2D eigenvalue weighted by atomic mass is 32.2. The number of ether oxygens (including phenoxy) is 1. The molecular weight excluding hydrogens is 248 g/mol. The Morgan fingerprint density at radius 1 is 1.56 bits per heavy atom. The van der Waals surface area contributed by atoms with Gasteiger partial charge in [0.05, 0.1) is 17.3 Å². The van der Waals surface area contributed by atoms with Crippen LogP contribution in [0.2, 0.25) is 0 Å². The van der Waals surface area contributed by atoms with Crippen molar-refractivity contribution in [3.63, 3.8) is 0 Å².